The molecule has 0 bridgehead atoms. The summed E-state index contributed by atoms with van der Waals surface area (Å²) in [7, 11) is 2.11. The zero-order valence-corrected chi connectivity index (χ0v) is 19.8. The molecule has 0 radical (unpaired) electrons. The Kier molecular flexibility index (Phi) is 9.81. The summed E-state index contributed by atoms with van der Waals surface area (Å²) in [5.41, 5.74) is 1.39. The standard InChI is InChI=1S/C24H30N4O4.ClH/c1-3-23(29)25-19-9-10-21(22(17-19)28(31)32)24(30)27-15-12-20(13-16-27)26(2)14-11-18-7-5-4-6-8-18;/h4-10,17,20H,3,11-16H2,1-2H3,(H,25,29);1H. The lowest BCUT2D eigenvalue weighted by Gasteiger charge is -2.36. The van der Waals surface area contributed by atoms with Gasteiger partial charge in [-0.1, -0.05) is 37.3 Å². The van der Waals surface area contributed by atoms with Crippen molar-refractivity contribution in [2.45, 2.75) is 38.6 Å². The van der Waals surface area contributed by atoms with Crippen LogP contribution in [0.15, 0.2) is 48.5 Å². The minimum Gasteiger partial charge on any atom is -0.338 e. The number of hydrogen-bond donors (Lipinski definition) is 1. The van der Waals surface area contributed by atoms with Crippen LogP contribution >= 0.6 is 12.4 Å². The molecule has 178 valence electrons. The Morgan fingerprint density at radius 3 is 2.42 bits per heavy atom. The molecule has 0 aliphatic carbocycles. The Morgan fingerprint density at radius 2 is 1.82 bits per heavy atom. The average molecular weight is 475 g/mol. The molecule has 1 N–H and O–H groups in total. The number of nitro groups is 1. The minimum absolute atomic E-state index is 0. The van der Waals surface area contributed by atoms with Crippen LogP contribution in [-0.2, 0) is 11.2 Å². The van der Waals surface area contributed by atoms with Crippen molar-refractivity contribution in [1.29, 1.82) is 0 Å². The number of likely N-dealkylation sites (tertiary alicyclic amines) is 1. The third-order valence-electron chi connectivity index (χ3n) is 6.00. The van der Waals surface area contributed by atoms with Crippen LogP contribution in [0.2, 0.25) is 0 Å². The van der Waals surface area contributed by atoms with E-state index in [-0.39, 0.29) is 41.9 Å². The zero-order valence-electron chi connectivity index (χ0n) is 19.0. The van der Waals surface area contributed by atoms with Crippen LogP contribution in [0.1, 0.15) is 42.1 Å². The van der Waals surface area contributed by atoms with Crippen LogP contribution in [0, 0.1) is 10.1 Å². The number of amides is 2. The lowest BCUT2D eigenvalue weighted by molar-refractivity contribution is -0.385. The Bertz CT molecular complexity index is 962. The highest BCUT2D eigenvalue weighted by molar-refractivity contribution is 5.99. The SMILES string of the molecule is CCC(=O)Nc1ccc(C(=O)N2CCC(N(C)CCc3ccccc3)CC2)c([N+](=O)[O-])c1.Cl. The number of hydrogen-bond acceptors (Lipinski definition) is 5. The van der Waals surface area contributed by atoms with Gasteiger partial charge in [-0.3, -0.25) is 19.7 Å². The van der Waals surface area contributed by atoms with Gasteiger partial charge >= 0.3 is 0 Å². The van der Waals surface area contributed by atoms with Gasteiger partial charge in [0.05, 0.1) is 4.92 Å². The predicted molar refractivity (Wildman–Crippen MR) is 131 cm³/mol. The lowest BCUT2D eigenvalue weighted by atomic mass is 10.0. The van der Waals surface area contributed by atoms with Gasteiger partial charge in [0.1, 0.15) is 5.56 Å². The fourth-order valence-corrected chi connectivity index (χ4v) is 4.00. The molecule has 0 aromatic heterocycles. The van der Waals surface area contributed by atoms with E-state index in [0.29, 0.717) is 24.8 Å². The molecule has 0 spiro atoms. The van der Waals surface area contributed by atoms with E-state index in [1.54, 1.807) is 11.8 Å². The molecule has 33 heavy (non-hydrogen) atoms. The van der Waals surface area contributed by atoms with Gasteiger partial charge < -0.3 is 15.1 Å². The van der Waals surface area contributed by atoms with Crippen molar-refractivity contribution in [3.63, 3.8) is 0 Å². The van der Waals surface area contributed by atoms with Gasteiger partial charge in [-0.25, -0.2) is 0 Å². The van der Waals surface area contributed by atoms with E-state index in [4.69, 9.17) is 0 Å². The van der Waals surface area contributed by atoms with Gasteiger partial charge in [0.15, 0.2) is 0 Å². The fraction of sp³-hybridized carbons (Fsp3) is 0.417. The van der Waals surface area contributed by atoms with E-state index in [9.17, 15) is 19.7 Å². The van der Waals surface area contributed by atoms with Crippen LogP contribution in [-0.4, -0.2) is 59.3 Å². The second-order valence-corrected chi connectivity index (χ2v) is 8.13. The molecular weight excluding hydrogens is 444 g/mol. The largest absolute Gasteiger partial charge is 0.338 e. The topological polar surface area (TPSA) is 95.8 Å². The highest BCUT2D eigenvalue weighted by Gasteiger charge is 2.29. The molecule has 1 saturated heterocycles. The number of benzene rings is 2. The van der Waals surface area contributed by atoms with Crippen LogP contribution in [0.25, 0.3) is 0 Å². The number of nitrogens with one attached hydrogen (secondary N) is 1. The fourth-order valence-electron chi connectivity index (χ4n) is 4.00. The molecule has 3 rings (SSSR count). The minimum atomic E-state index is -0.570. The molecule has 2 amide bonds. The summed E-state index contributed by atoms with van der Waals surface area (Å²) in [5, 5.41) is 14.2. The van der Waals surface area contributed by atoms with E-state index in [1.165, 1.54) is 23.8 Å². The Morgan fingerprint density at radius 1 is 1.15 bits per heavy atom. The van der Waals surface area contributed by atoms with Gasteiger partial charge in [0.2, 0.25) is 5.91 Å². The number of piperidine rings is 1. The molecule has 1 fully saturated rings. The number of nitro benzene ring substituents is 1. The quantitative estimate of drug-likeness (QED) is 0.458. The molecule has 0 saturated carbocycles. The predicted octanol–water partition coefficient (Wildman–Crippen LogP) is 4.14. The third kappa shape index (κ3) is 7.00. The molecule has 1 aliphatic rings. The molecule has 2 aromatic rings. The van der Waals surface area contributed by atoms with Gasteiger partial charge in [0, 0.05) is 43.9 Å². The summed E-state index contributed by atoms with van der Waals surface area (Å²) >= 11 is 0. The number of nitrogens with zero attached hydrogens (tertiary/aromatic N) is 3. The summed E-state index contributed by atoms with van der Waals surface area (Å²) < 4.78 is 0. The van der Waals surface area contributed by atoms with Crippen molar-refractivity contribution >= 4 is 35.6 Å². The first-order valence-corrected chi connectivity index (χ1v) is 11.0. The smallest absolute Gasteiger partial charge is 0.284 e. The van der Waals surface area contributed by atoms with Gasteiger partial charge in [-0.05, 0) is 44.0 Å². The lowest BCUT2D eigenvalue weighted by Crippen LogP contribution is -2.46. The first kappa shape index (κ1) is 26.3. The molecule has 2 aromatic carbocycles. The molecule has 0 unspecified atom stereocenters. The van der Waals surface area contributed by atoms with Gasteiger partial charge in [-0.15, -0.1) is 12.4 Å². The molecule has 9 heteroatoms. The molecule has 0 atom stereocenters. The van der Waals surface area contributed by atoms with Crippen LogP contribution in [0.5, 0.6) is 0 Å². The number of rotatable bonds is 8. The monoisotopic (exact) mass is 474 g/mol. The number of halogens is 1. The first-order valence-electron chi connectivity index (χ1n) is 11.0. The average Bonchev–Trinajstić information content (AvgIpc) is 2.82. The first-order chi connectivity index (χ1) is 15.4. The second kappa shape index (κ2) is 12.3. The zero-order chi connectivity index (χ0) is 23.1. The third-order valence-corrected chi connectivity index (χ3v) is 6.00. The van der Waals surface area contributed by atoms with Crippen molar-refractivity contribution in [3.8, 4) is 0 Å². The Hall–Kier alpha value is -2.97. The summed E-state index contributed by atoms with van der Waals surface area (Å²) in [4.78, 5) is 39.6. The van der Waals surface area contributed by atoms with Gasteiger partial charge in [0.25, 0.3) is 11.6 Å². The van der Waals surface area contributed by atoms with Crippen LogP contribution in [0.4, 0.5) is 11.4 Å². The van der Waals surface area contributed by atoms with Crippen molar-refractivity contribution < 1.29 is 14.5 Å². The number of likely N-dealkylation sites (N-methyl/N-ethyl adjacent to an activating group) is 1. The van der Waals surface area contributed by atoms with E-state index < -0.39 is 4.92 Å². The van der Waals surface area contributed by atoms with Crippen molar-refractivity contribution in [1.82, 2.24) is 9.80 Å². The molecular formula is C24H31ClN4O4. The number of anilines is 1. The summed E-state index contributed by atoms with van der Waals surface area (Å²) in [6.07, 6.45) is 2.90. The van der Waals surface area contributed by atoms with E-state index in [1.807, 2.05) is 18.2 Å². The van der Waals surface area contributed by atoms with Gasteiger partial charge in [-0.2, -0.15) is 0 Å². The van der Waals surface area contributed by atoms with Crippen molar-refractivity contribution in [3.05, 3.63) is 69.8 Å². The highest BCUT2D eigenvalue weighted by atomic mass is 35.5. The van der Waals surface area contributed by atoms with Crippen LogP contribution in [0.3, 0.4) is 0 Å². The summed E-state index contributed by atoms with van der Waals surface area (Å²) in [6, 6.07) is 15.0. The summed E-state index contributed by atoms with van der Waals surface area (Å²) in [6.45, 7) is 3.76. The normalized spacial score (nSPS) is 14.0. The maximum atomic E-state index is 13.0. The van der Waals surface area contributed by atoms with E-state index in [2.05, 4.69) is 29.4 Å². The highest BCUT2D eigenvalue weighted by Crippen LogP contribution is 2.26. The molecule has 1 aliphatic heterocycles. The Labute approximate surface area is 200 Å². The second-order valence-electron chi connectivity index (χ2n) is 8.13. The maximum Gasteiger partial charge on any atom is 0.284 e. The number of carbonyl (C=O) groups is 2. The molecule has 1 heterocycles. The van der Waals surface area contributed by atoms with Crippen molar-refractivity contribution in [2.75, 3.05) is 32.0 Å². The summed E-state index contributed by atoms with van der Waals surface area (Å²) in [5.74, 6) is -0.577. The number of carbonyl (C=O) groups excluding carboxylic acids is 2. The Balaban J connectivity index is 0.00000385. The molecule has 8 nitrogen and oxygen atoms in total. The maximum absolute atomic E-state index is 13.0. The van der Waals surface area contributed by atoms with E-state index in [0.717, 1.165) is 25.8 Å². The van der Waals surface area contributed by atoms with Crippen LogP contribution < -0.4 is 5.32 Å². The van der Waals surface area contributed by atoms with E-state index >= 15 is 0 Å². The van der Waals surface area contributed by atoms with Crippen molar-refractivity contribution in [2.24, 2.45) is 0 Å².